The number of carbonyl (C=O) groups excluding carboxylic acids is 2. The van der Waals surface area contributed by atoms with Crippen molar-refractivity contribution in [2.75, 3.05) is 13.1 Å². The molecule has 3 rings (SSSR count). The predicted molar refractivity (Wildman–Crippen MR) is 117 cm³/mol. The predicted octanol–water partition coefficient (Wildman–Crippen LogP) is 4.58. The second-order valence-corrected chi connectivity index (χ2v) is 7.30. The summed E-state index contributed by atoms with van der Waals surface area (Å²) in [6.45, 7) is 6.29. The van der Waals surface area contributed by atoms with Gasteiger partial charge in [0, 0.05) is 18.7 Å². The van der Waals surface area contributed by atoms with Gasteiger partial charge < -0.3 is 14.2 Å². The maximum absolute atomic E-state index is 13.3. The van der Waals surface area contributed by atoms with Crippen molar-refractivity contribution < 1.29 is 18.4 Å². The first-order chi connectivity index (χ1) is 15.0. The van der Waals surface area contributed by atoms with Crippen molar-refractivity contribution in [3.05, 3.63) is 108 Å². The van der Waals surface area contributed by atoms with Crippen LogP contribution in [0.15, 0.2) is 84.0 Å². The van der Waals surface area contributed by atoms with Crippen LogP contribution in [0.2, 0.25) is 0 Å². The summed E-state index contributed by atoms with van der Waals surface area (Å²) in [7, 11) is 0. The largest absolute Gasteiger partial charge is 0.467 e. The number of aryl methyl sites for hydroxylation is 1. The summed E-state index contributed by atoms with van der Waals surface area (Å²) in [5, 5.41) is 0. The lowest BCUT2D eigenvalue weighted by Gasteiger charge is -2.27. The number of amides is 2. The summed E-state index contributed by atoms with van der Waals surface area (Å²) >= 11 is 0. The van der Waals surface area contributed by atoms with E-state index in [-0.39, 0.29) is 43.8 Å². The molecular formula is C25H25FN2O3. The lowest BCUT2D eigenvalue weighted by Crippen LogP contribution is -2.42. The van der Waals surface area contributed by atoms with Gasteiger partial charge in [-0.1, -0.05) is 35.9 Å². The van der Waals surface area contributed by atoms with E-state index in [1.807, 2.05) is 19.1 Å². The summed E-state index contributed by atoms with van der Waals surface area (Å²) in [6.07, 6.45) is 3.14. The number of nitrogens with zero attached hydrogens (tertiary/aromatic N) is 2. The molecule has 0 unspecified atom stereocenters. The maximum Gasteiger partial charge on any atom is 0.254 e. The average molecular weight is 420 g/mol. The fraction of sp³-hybridized carbons (Fsp3) is 0.200. The van der Waals surface area contributed by atoms with Crippen LogP contribution in [0.3, 0.4) is 0 Å². The zero-order valence-corrected chi connectivity index (χ0v) is 17.5. The number of rotatable bonds is 9. The lowest BCUT2D eigenvalue weighted by atomic mass is 10.1. The molecule has 0 aliphatic rings. The van der Waals surface area contributed by atoms with Gasteiger partial charge >= 0.3 is 0 Å². The Morgan fingerprint density at radius 1 is 1.00 bits per heavy atom. The highest BCUT2D eigenvalue weighted by molar-refractivity contribution is 5.96. The summed E-state index contributed by atoms with van der Waals surface area (Å²) in [5.74, 6) is -0.208. The highest BCUT2D eigenvalue weighted by Gasteiger charge is 2.22. The van der Waals surface area contributed by atoms with Crippen LogP contribution in [0.5, 0.6) is 0 Å². The van der Waals surface area contributed by atoms with Gasteiger partial charge in [0.1, 0.15) is 18.1 Å². The molecule has 0 bridgehead atoms. The smallest absolute Gasteiger partial charge is 0.254 e. The molecule has 0 radical (unpaired) electrons. The van der Waals surface area contributed by atoms with Gasteiger partial charge in [-0.05, 0) is 48.9 Å². The monoisotopic (exact) mass is 420 g/mol. The number of hydrogen-bond donors (Lipinski definition) is 0. The van der Waals surface area contributed by atoms with Crippen LogP contribution in [0.4, 0.5) is 4.39 Å². The third kappa shape index (κ3) is 6.15. The van der Waals surface area contributed by atoms with E-state index in [1.54, 1.807) is 53.6 Å². The van der Waals surface area contributed by atoms with Gasteiger partial charge in [0.2, 0.25) is 5.91 Å². The molecule has 0 spiro atoms. The molecule has 0 fully saturated rings. The van der Waals surface area contributed by atoms with E-state index in [0.29, 0.717) is 11.3 Å². The standard InChI is InChI=1S/C25H25FN2O3/c1-3-14-27(25(30)21-10-6-19(2)7-11-21)18-24(29)28(17-23-5-4-15-31-23)16-20-8-12-22(26)13-9-20/h3-13,15H,1,14,16-18H2,2H3. The Morgan fingerprint density at radius 3 is 2.32 bits per heavy atom. The SMILES string of the molecule is C=CCN(CC(=O)N(Cc1ccc(F)cc1)Cc1ccco1)C(=O)c1ccc(C)cc1. The minimum atomic E-state index is -0.339. The summed E-state index contributed by atoms with van der Waals surface area (Å²) in [5.41, 5.74) is 2.34. The van der Waals surface area contributed by atoms with E-state index in [0.717, 1.165) is 11.1 Å². The van der Waals surface area contributed by atoms with E-state index in [1.165, 1.54) is 17.0 Å². The molecule has 6 heteroatoms. The first kappa shape index (κ1) is 22.0. The molecule has 0 N–H and O–H groups in total. The molecular weight excluding hydrogens is 395 g/mol. The first-order valence-corrected chi connectivity index (χ1v) is 9.97. The Hall–Kier alpha value is -3.67. The van der Waals surface area contributed by atoms with Gasteiger partial charge in [0.25, 0.3) is 5.91 Å². The second-order valence-electron chi connectivity index (χ2n) is 7.30. The lowest BCUT2D eigenvalue weighted by molar-refractivity contribution is -0.133. The molecule has 2 amide bonds. The highest BCUT2D eigenvalue weighted by Crippen LogP contribution is 2.14. The van der Waals surface area contributed by atoms with Crippen LogP contribution in [0.25, 0.3) is 0 Å². The van der Waals surface area contributed by atoms with Crippen LogP contribution in [0.1, 0.15) is 27.2 Å². The maximum atomic E-state index is 13.3. The first-order valence-electron chi connectivity index (χ1n) is 9.97. The van der Waals surface area contributed by atoms with Gasteiger partial charge in [-0.15, -0.1) is 6.58 Å². The topological polar surface area (TPSA) is 53.8 Å². The molecule has 0 aliphatic carbocycles. The highest BCUT2D eigenvalue weighted by atomic mass is 19.1. The normalized spacial score (nSPS) is 10.5. The molecule has 31 heavy (non-hydrogen) atoms. The van der Waals surface area contributed by atoms with Crippen LogP contribution < -0.4 is 0 Å². The molecule has 3 aromatic rings. The minimum Gasteiger partial charge on any atom is -0.467 e. The molecule has 1 aromatic heterocycles. The number of benzene rings is 2. The van der Waals surface area contributed by atoms with Crippen molar-refractivity contribution >= 4 is 11.8 Å². The fourth-order valence-corrected chi connectivity index (χ4v) is 3.15. The van der Waals surface area contributed by atoms with Crippen molar-refractivity contribution in [1.82, 2.24) is 9.80 Å². The van der Waals surface area contributed by atoms with Crippen molar-refractivity contribution in [2.45, 2.75) is 20.0 Å². The van der Waals surface area contributed by atoms with Crippen LogP contribution >= 0.6 is 0 Å². The van der Waals surface area contributed by atoms with E-state index >= 15 is 0 Å². The third-order valence-electron chi connectivity index (χ3n) is 4.83. The van der Waals surface area contributed by atoms with Crippen molar-refractivity contribution in [2.24, 2.45) is 0 Å². The van der Waals surface area contributed by atoms with Crippen molar-refractivity contribution in [1.29, 1.82) is 0 Å². The van der Waals surface area contributed by atoms with Crippen LogP contribution in [-0.2, 0) is 17.9 Å². The van der Waals surface area contributed by atoms with Gasteiger partial charge in [-0.3, -0.25) is 9.59 Å². The number of halogens is 1. The third-order valence-corrected chi connectivity index (χ3v) is 4.83. The Balaban J connectivity index is 1.78. The molecule has 0 aliphatic heterocycles. The molecule has 0 atom stereocenters. The zero-order valence-electron chi connectivity index (χ0n) is 17.5. The number of hydrogen-bond acceptors (Lipinski definition) is 3. The Kier molecular flexibility index (Phi) is 7.38. The summed E-state index contributed by atoms with van der Waals surface area (Å²) < 4.78 is 18.7. The Morgan fingerprint density at radius 2 is 1.71 bits per heavy atom. The van der Waals surface area contributed by atoms with Crippen LogP contribution in [0, 0.1) is 12.7 Å². The van der Waals surface area contributed by atoms with Gasteiger partial charge in [0.05, 0.1) is 12.8 Å². The van der Waals surface area contributed by atoms with Crippen molar-refractivity contribution in [3.8, 4) is 0 Å². The van der Waals surface area contributed by atoms with Gasteiger partial charge in [0.15, 0.2) is 0 Å². The molecule has 160 valence electrons. The number of carbonyl (C=O) groups is 2. The average Bonchev–Trinajstić information content (AvgIpc) is 3.27. The fourth-order valence-electron chi connectivity index (χ4n) is 3.15. The summed E-state index contributed by atoms with van der Waals surface area (Å²) in [4.78, 5) is 29.2. The van der Waals surface area contributed by atoms with Gasteiger partial charge in [-0.25, -0.2) is 4.39 Å². The van der Waals surface area contributed by atoms with E-state index < -0.39 is 0 Å². The van der Waals surface area contributed by atoms with Crippen molar-refractivity contribution in [3.63, 3.8) is 0 Å². The van der Waals surface area contributed by atoms with Crippen LogP contribution in [-0.4, -0.2) is 34.7 Å². The van der Waals surface area contributed by atoms with E-state index in [2.05, 4.69) is 6.58 Å². The molecule has 2 aromatic carbocycles. The van der Waals surface area contributed by atoms with E-state index in [9.17, 15) is 14.0 Å². The minimum absolute atomic E-state index is 0.110. The molecule has 5 nitrogen and oxygen atoms in total. The number of furan rings is 1. The summed E-state index contributed by atoms with van der Waals surface area (Å²) in [6, 6.07) is 16.7. The molecule has 0 saturated heterocycles. The van der Waals surface area contributed by atoms with E-state index in [4.69, 9.17) is 4.42 Å². The quantitative estimate of drug-likeness (QED) is 0.476. The Labute approximate surface area is 181 Å². The zero-order chi connectivity index (χ0) is 22.2. The molecule has 0 saturated carbocycles. The second kappa shape index (κ2) is 10.4. The van der Waals surface area contributed by atoms with Gasteiger partial charge in [-0.2, -0.15) is 0 Å². The molecule has 1 heterocycles. The Bertz CT molecular complexity index is 1010.